The number of hydrogen-bond donors (Lipinski definition) is 2. The second kappa shape index (κ2) is 9.62. The fourth-order valence-corrected chi connectivity index (χ4v) is 3.21. The van der Waals surface area contributed by atoms with Crippen molar-refractivity contribution in [2.24, 2.45) is 0 Å². The highest BCUT2D eigenvalue weighted by atomic mass is 19.1. The smallest absolute Gasteiger partial charge is 0.252 e. The molecule has 1 aromatic carbocycles. The van der Waals surface area contributed by atoms with Gasteiger partial charge in [0.25, 0.3) is 5.91 Å². The van der Waals surface area contributed by atoms with E-state index in [0.717, 1.165) is 55.7 Å². The first-order valence-electron chi connectivity index (χ1n) is 9.51. The third-order valence-electron chi connectivity index (χ3n) is 4.77. The number of likely N-dealkylation sites (N-methyl/N-ethyl adjacent to an activating group) is 1. The van der Waals surface area contributed by atoms with Gasteiger partial charge in [-0.2, -0.15) is 5.10 Å². The Kier molecular flexibility index (Phi) is 6.95. The van der Waals surface area contributed by atoms with E-state index in [2.05, 4.69) is 15.5 Å². The molecule has 1 amide bonds. The zero-order valence-electron chi connectivity index (χ0n) is 15.7. The maximum Gasteiger partial charge on any atom is 0.252 e. The number of amides is 1. The number of aromatic amines is 1. The molecule has 1 atom stereocenters. The van der Waals surface area contributed by atoms with Crippen molar-refractivity contribution in [2.75, 3.05) is 33.3 Å². The standard InChI is InChI=1S/C20H27FN4O2/c1-25(20(26)19-14-22-9-11-27-19)10-4-2-3-8-17-13-18(24-23-17)15-6-5-7-16(21)12-15/h5-7,12-13,19,22H,2-4,8-11,14H2,1H3,(H,23,24). The third kappa shape index (κ3) is 5.61. The molecule has 1 unspecified atom stereocenters. The van der Waals surface area contributed by atoms with Crippen LogP contribution in [0.5, 0.6) is 0 Å². The highest BCUT2D eigenvalue weighted by Crippen LogP contribution is 2.19. The molecule has 2 heterocycles. The highest BCUT2D eigenvalue weighted by Gasteiger charge is 2.24. The SMILES string of the molecule is CN(CCCCCc1cc(-c2cccc(F)c2)n[nH]1)C(=O)C1CNCCO1. The summed E-state index contributed by atoms with van der Waals surface area (Å²) >= 11 is 0. The molecule has 1 saturated heterocycles. The number of rotatable bonds is 8. The van der Waals surface area contributed by atoms with E-state index in [9.17, 15) is 9.18 Å². The lowest BCUT2D eigenvalue weighted by Gasteiger charge is -2.27. The summed E-state index contributed by atoms with van der Waals surface area (Å²) in [6, 6.07) is 8.42. The topological polar surface area (TPSA) is 70.2 Å². The summed E-state index contributed by atoms with van der Waals surface area (Å²) in [7, 11) is 1.83. The summed E-state index contributed by atoms with van der Waals surface area (Å²) in [6.45, 7) is 2.72. The molecule has 0 aliphatic carbocycles. The number of carbonyl (C=O) groups is 1. The second-order valence-corrected chi connectivity index (χ2v) is 6.92. The van der Waals surface area contributed by atoms with Gasteiger partial charge in [-0.05, 0) is 37.5 Å². The average Bonchev–Trinajstić information content (AvgIpc) is 3.16. The summed E-state index contributed by atoms with van der Waals surface area (Å²) < 4.78 is 18.8. The maximum atomic E-state index is 13.3. The molecule has 6 nitrogen and oxygen atoms in total. The number of aromatic nitrogens is 2. The number of unbranched alkanes of at least 4 members (excludes halogenated alkanes) is 2. The van der Waals surface area contributed by atoms with Crippen molar-refractivity contribution in [1.82, 2.24) is 20.4 Å². The second-order valence-electron chi connectivity index (χ2n) is 6.92. The summed E-state index contributed by atoms with van der Waals surface area (Å²) in [5.74, 6) is -0.208. The van der Waals surface area contributed by atoms with Crippen LogP contribution in [0.3, 0.4) is 0 Å². The minimum absolute atomic E-state index is 0.0514. The molecule has 0 radical (unpaired) electrons. The molecular formula is C20H27FN4O2. The Bertz CT molecular complexity index is 743. The molecule has 2 aromatic rings. The van der Waals surface area contributed by atoms with E-state index in [1.807, 2.05) is 19.2 Å². The molecule has 0 bridgehead atoms. The first-order valence-corrected chi connectivity index (χ1v) is 9.51. The first kappa shape index (κ1) is 19.5. The van der Waals surface area contributed by atoms with E-state index in [-0.39, 0.29) is 17.8 Å². The predicted octanol–water partition coefficient (Wildman–Crippen LogP) is 2.38. The van der Waals surface area contributed by atoms with Crippen LogP contribution in [0.4, 0.5) is 4.39 Å². The molecule has 1 aliphatic heterocycles. The van der Waals surface area contributed by atoms with E-state index in [4.69, 9.17) is 4.74 Å². The number of benzene rings is 1. The molecule has 3 rings (SSSR count). The number of H-pyrrole nitrogens is 1. The monoisotopic (exact) mass is 374 g/mol. The Morgan fingerprint density at radius 1 is 1.33 bits per heavy atom. The van der Waals surface area contributed by atoms with Gasteiger partial charge in [-0.1, -0.05) is 18.6 Å². The lowest BCUT2D eigenvalue weighted by molar-refractivity contribution is -0.143. The van der Waals surface area contributed by atoms with Gasteiger partial charge in [0.15, 0.2) is 0 Å². The van der Waals surface area contributed by atoms with Crippen LogP contribution < -0.4 is 5.32 Å². The van der Waals surface area contributed by atoms with Crippen LogP contribution in [0.2, 0.25) is 0 Å². The molecule has 27 heavy (non-hydrogen) atoms. The number of hydrogen-bond acceptors (Lipinski definition) is 4. The molecule has 146 valence electrons. The molecular weight excluding hydrogens is 347 g/mol. The first-order chi connectivity index (χ1) is 13.1. The zero-order valence-corrected chi connectivity index (χ0v) is 15.7. The Hall–Kier alpha value is -2.25. The predicted molar refractivity (Wildman–Crippen MR) is 102 cm³/mol. The highest BCUT2D eigenvalue weighted by molar-refractivity contribution is 5.81. The summed E-state index contributed by atoms with van der Waals surface area (Å²) in [5, 5.41) is 10.5. The van der Waals surface area contributed by atoms with Gasteiger partial charge in [0, 0.05) is 37.9 Å². The Balaban J connectivity index is 1.36. The Morgan fingerprint density at radius 2 is 2.22 bits per heavy atom. The third-order valence-corrected chi connectivity index (χ3v) is 4.77. The van der Waals surface area contributed by atoms with Gasteiger partial charge in [-0.25, -0.2) is 4.39 Å². The largest absolute Gasteiger partial charge is 0.366 e. The molecule has 0 saturated carbocycles. The minimum Gasteiger partial charge on any atom is -0.366 e. The molecule has 1 fully saturated rings. The van der Waals surface area contributed by atoms with E-state index in [1.165, 1.54) is 12.1 Å². The molecule has 2 N–H and O–H groups in total. The van der Waals surface area contributed by atoms with Crippen LogP contribution in [0.15, 0.2) is 30.3 Å². The van der Waals surface area contributed by atoms with Crippen molar-refractivity contribution in [3.05, 3.63) is 41.8 Å². The van der Waals surface area contributed by atoms with Crippen molar-refractivity contribution < 1.29 is 13.9 Å². The van der Waals surface area contributed by atoms with E-state index in [0.29, 0.717) is 13.2 Å². The van der Waals surface area contributed by atoms with Gasteiger partial charge in [0.05, 0.1) is 12.3 Å². The Morgan fingerprint density at radius 3 is 3.00 bits per heavy atom. The van der Waals surface area contributed by atoms with Crippen LogP contribution >= 0.6 is 0 Å². The van der Waals surface area contributed by atoms with Crippen LogP contribution in [-0.4, -0.2) is 60.4 Å². The number of ether oxygens (including phenoxy) is 1. The number of halogens is 1. The van der Waals surface area contributed by atoms with E-state index >= 15 is 0 Å². The molecule has 1 aliphatic rings. The molecule has 0 spiro atoms. The molecule has 7 heteroatoms. The van der Waals surface area contributed by atoms with Crippen LogP contribution in [0.1, 0.15) is 25.0 Å². The number of nitrogens with zero attached hydrogens (tertiary/aromatic N) is 2. The van der Waals surface area contributed by atoms with Crippen LogP contribution in [0.25, 0.3) is 11.3 Å². The van der Waals surface area contributed by atoms with Crippen molar-refractivity contribution in [2.45, 2.75) is 31.8 Å². The van der Waals surface area contributed by atoms with Crippen LogP contribution in [-0.2, 0) is 16.0 Å². The van der Waals surface area contributed by atoms with Gasteiger partial charge in [0.1, 0.15) is 11.9 Å². The number of morpholine rings is 1. The lowest BCUT2D eigenvalue weighted by atomic mass is 10.1. The summed E-state index contributed by atoms with van der Waals surface area (Å²) in [6.07, 6.45) is 3.52. The van der Waals surface area contributed by atoms with Crippen molar-refractivity contribution in [3.8, 4) is 11.3 Å². The minimum atomic E-state index is -0.352. The van der Waals surface area contributed by atoms with Gasteiger partial charge in [0.2, 0.25) is 0 Å². The van der Waals surface area contributed by atoms with Crippen molar-refractivity contribution >= 4 is 5.91 Å². The van der Waals surface area contributed by atoms with E-state index in [1.54, 1.807) is 11.0 Å². The quantitative estimate of drug-likeness (QED) is 0.696. The normalized spacial score (nSPS) is 17.0. The van der Waals surface area contributed by atoms with Gasteiger partial charge >= 0.3 is 0 Å². The van der Waals surface area contributed by atoms with Crippen LogP contribution in [0, 0.1) is 5.82 Å². The van der Waals surface area contributed by atoms with Gasteiger partial charge in [-0.3, -0.25) is 9.89 Å². The maximum absolute atomic E-state index is 13.3. The summed E-state index contributed by atoms with van der Waals surface area (Å²) in [4.78, 5) is 14.0. The Labute approximate surface area is 159 Å². The average molecular weight is 374 g/mol. The molecule has 1 aromatic heterocycles. The number of carbonyl (C=O) groups excluding carboxylic acids is 1. The van der Waals surface area contributed by atoms with Gasteiger partial charge < -0.3 is 15.0 Å². The number of aryl methyl sites for hydroxylation is 1. The zero-order chi connectivity index (χ0) is 19.1. The summed E-state index contributed by atoms with van der Waals surface area (Å²) in [5.41, 5.74) is 2.58. The van der Waals surface area contributed by atoms with Crippen molar-refractivity contribution in [1.29, 1.82) is 0 Å². The van der Waals surface area contributed by atoms with Crippen molar-refractivity contribution in [3.63, 3.8) is 0 Å². The lowest BCUT2D eigenvalue weighted by Crippen LogP contribution is -2.48. The number of nitrogens with one attached hydrogen (secondary N) is 2. The van der Waals surface area contributed by atoms with E-state index < -0.39 is 0 Å². The fraction of sp³-hybridized carbons (Fsp3) is 0.500. The fourth-order valence-electron chi connectivity index (χ4n) is 3.21. The van der Waals surface area contributed by atoms with Gasteiger partial charge in [-0.15, -0.1) is 0 Å².